The number of fused-ring (bicyclic) bond motifs is 2. The van der Waals surface area contributed by atoms with Gasteiger partial charge in [0.15, 0.2) is 11.5 Å². The normalized spacial score (nSPS) is 32.6. The molecule has 0 amide bonds. The van der Waals surface area contributed by atoms with Crippen LogP contribution < -0.4 is 0 Å². The molecule has 138 valence electrons. The van der Waals surface area contributed by atoms with Gasteiger partial charge in [-0.2, -0.15) is 15.8 Å². The molecule has 1 aromatic heterocycles. The van der Waals surface area contributed by atoms with Crippen LogP contribution in [0, 0.1) is 63.1 Å². The lowest BCUT2D eigenvalue weighted by Gasteiger charge is -2.47. The van der Waals surface area contributed by atoms with E-state index in [-0.39, 0.29) is 5.76 Å². The van der Waals surface area contributed by atoms with E-state index in [4.69, 9.17) is 19.3 Å². The molecule has 7 nitrogen and oxygen atoms in total. The van der Waals surface area contributed by atoms with Gasteiger partial charge in [-0.05, 0) is 19.1 Å². The molecular weight excluding hydrogens is 356 g/mol. The van der Waals surface area contributed by atoms with Crippen molar-refractivity contribution in [3.8, 4) is 18.2 Å². The van der Waals surface area contributed by atoms with Crippen molar-refractivity contribution in [2.24, 2.45) is 16.7 Å². The minimum atomic E-state index is -2.02. The number of rotatable bonds is 2. The van der Waals surface area contributed by atoms with Gasteiger partial charge in [-0.25, -0.2) is 0 Å². The molecule has 0 saturated carbocycles. The van der Waals surface area contributed by atoms with E-state index in [1.54, 1.807) is 50.2 Å². The van der Waals surface area contributed by atoms with E-state index >= 15 is 0 Å². The van der Waals surface area contributed by atoms with Crippen molar-refractivity contribution in [2.75, 3.05) is 0 Å². The zero-order chi connectivity index (χ0) is 20.2. The molecule has 0 spiro atoms. The minimum absolute atomic E-state index is 0.241. The van der Waals surface area contributed by atoms with E-state index in [1.807, 2.05) is 18.2 Å². The predicted molar refractivity (Wildman–Crippen MR) is 95.1 cm³/mol. The molecule has 28 heavy (non-hydrogen) atoms. The summed E-state index contributed by atoms with van der Waals surface area (Å²) >= 11 is 0. The Morgan fingerprint density at radius 3 is 2.21 bits per heavy atom. The topological polar surface area (TPSA) is 127 Å². The van der Waals surface area contributed by atoms with Crippen LogP contribution in [0.1, 0.15) is 30.1 Å². The molecule has 4 unspecified atom stereocenters. The molecule has 1 N–H and O–H groups in total. The molecule has 1 aromatic carbocycles. The first-order valence-corrected chi connectivity index (χ1v) is 8.73. The summed E-state index contributed by atoms with van der Waals surface area (Å²) in [7, 11) is 0. The fourth-order valence-electron chi connectivity index (χ4n) is 4.39. The highest BCUT2D eigenvalue weighted by Crippen LogP contribution is 2.68. The lowest BCUT2D eigenvalue weighted by Crippen LogP contribution is -2.57. The molecule has 0 aliphatic carbocycles. The molecule has 0 radical (unpaired) electrons. The number of furan rings is 1. The number of benzene rings is 1. The molecule has 2 aromatic rings. The van der Waals surface area contributed by atoms with Crippen molar-refractivity contribution in [2.45, 2.75) is 25.7 Å². The van der Waals surface area contributed by atoms with E-state index in [0.29, 0.717) is 11.3 Å². The Kier molecular flexibility index (Phi) is 3.62. The van der Waals surface area contributed by atoms with Gasteiger partial charge >= 0.3 is 0 Å². The quantitative estimate of drug-likeness (QED) is 0.856. The van der Waals surface area contributed by atoms with Crippen molar-refractivity contribution in [1.82, 2.24) is 0 Å². The van der Waals surface area contributed by atoms with Gasteiger partial charge in [-0.1, -0.05) is 37.3 Å². The fraction of sp³-hybridized carbons (Fsp3) is 0.333. The monoisotopic (exact) mass is 372 g/mol. The summed E-state index contributed by atoms with van der Waals surface area (Å²) in [6.07, 6.45) is -1.21. The molecule has 2 fully saturated rings. The molecule has 2 bridgehead atoms. The first-order valence-electron chi connectivity index (χ1n) is 8.73. The summed E-state index contributed by atoms with van der Waals surface area (Å²) in [6.45, 7) is 3.40. The van der Waals surface area contributed by atoms with Gasteiger partial charge < -0.3 is 13.9 Å². The Labute approximate surface area is 161 Å². The summed E-state index contributed by atoms with van der Waals surface area (Å²) < 4.78 is 17.9. The average molecular weight is 372 g/mol. The largest absolute Gasteiger partial charge is 0.464 e. The Bertz CT molecular complexity index is 1070. The Morgan fingerprint density at radius 2 is 1.68 bits per heavy atom. The molecule has 4 atom stereocenters. The van der Waals surface area contributed by atoms with Crippen LogP contribution in [-0.4, -0.2) is 5.90 Å². The third kappa shape index (κ3) is 1.80. The second-order valence-electron chi connectivity index (χ2n) is 7.08. The Morgan fingerprint density at radius 1 is 1.00 bits per heavy atom. The molecule has 4 rings (SSSR count). The second kappa shape index (κ2) is 5.70. The molecular formula is C21H16N4O3. The van der Waals surface area contributed by atoms with Gasteiger partial charge in [0.1, 0.15) is 11.5 Å². The Balaban J connectivity index is 2.05. The molecule has 3 heterocycles. The summed E-state index contributed by atoms with van der Waals surface area (Å²) in [4.78, 5) is 0. The van der Waals surface area contributed by atoms with Crippen LogP contribution >= 0.6 is 0 Å². The maximum atomic E-state index is 10.2. The van der Waals surface area contributed by atoms with E-state index in [9.17, 15) is 15.8 Å². The van der Waals surface area contributed by atoms with Crippen molar-refractivity contribution >= 4 is 5.90 Å². The van der Waals surface area contributed by atoms with Crippen LogP contribution in [0.15, 0.2) is 46.9 Å². The second-order valence-corrected chi connectivity index (χ2v) is 7.08. The van der Waals surface area contributed by atoms with Gasteiger partial charge in [0.25, 0.3) is 0 Å². The maximum absolute atomic E-state index is 10.2. The van der Waals surface area contributed by atoms with Crippen molar-refractivity contribution in [3.05, 3.63) is 59.5 Å². The summed E-state index contributed by atoms with van der Waals surface area (Å²) in [5.41, 5.74) is -3.24. The molecule has 2 aliphatic rings. The third-order valence-corrected chi connectivity index (χ3v) is 5.86. The predicted octanol–water partition coefficient (Wildman–Crippen LogP) is 3.70. The van der Waals surface area contributed by atoms with E-state index < -0.39 is 34.5 Å². The van der Waals surface area contributed by atoms with E-state index in [1.165, 1.54) is 0 Å². The van der Waals surface area contributed by atoms with Crippen LogP contribution in [0.2, 0.25) is 0 Å². The van der Waals surface area contributed by atoms with Crippen LogP contribution in [0.3, 0.4) is 0 Å². The number of hydrogen-bond acceptors (Lipinski definition) is 7. The minimum Gasteiger partial charge on any atom is -0.464 e. The highest BCUT2D eigenvalue weighted by atomic mass is 16.7. The zero-order valence-corrected chi connectivity index (χ0v) is 15.3. The number of nitrogens with zero attached hydrogens (tertiary/aromatic N) is 3. The summed E-state index contributed by atoms with van der Waals surface area (Å²) in [5, 5.41) is 38.8. The van der Waals surface area contributed by atoms with E-state index in [0.717, 1.165) is 0 Å². The SMILES string of the molecule is Cc1ccc(C2OC3(c4ccccc4)OC(=N)C(C#N)(C3C)C2(C#N)C#N)o1. The van der Waals surface area contributed by atoms with Crippen LogP contribution in [0.4, 0.5) is 0 Å². The molecule has 7 heteroatoms. The third-order valence-electron chi connectivity index (χ3n) is 5.86. The lowest BCUT2D eigenvalue weighted by molar-refractivity contribution is -0.292. The van der Waals surface area contributed by atoms with Crippen molar-refractivity contribution in [3.63, 3.8) is 0 Å². The fourth-order valence-corrected chi connectivity index (χ4v) is 4.39. The highest BCUT2D eigenvalue weighted by molar-refractivity contribution is 5.89. The summed E-state index contributed by atoms with van der Waals surface area (Å²) in [5.74, 6) is -1.90. The zero-order valence-electron chi connectivity index (χ0n) is 15.3. The number of hydrogen-bond donors (Lipinski definition) is 1. The van der Waals surface area contributed by atoms with Gasteiger partial charge in [0.2, 0.25) is 17.1 Å². The smallest absolute Gasteiger partial charge is 0.244 e. The maximum Gasteiger partial charge on any atom is 0.244 e. The molecule has 2 aliphatic heterocycles. The summed E-state index contributed by atoms with van der Waals surface area (Å²) in [6, 6.07) is 18.3. The van der Waals surface area contributed by atoms with E-state index in [2.05, 4.69) is 6.07 Å². The molecule has 2 saturated heterocycles. The number of nitriles is 3. The van der Waals surface area contributed by atoms with Crippen LogP contribution in [0.5, 0.6) is 0 Å². The van der Waals surface area contributed by atoms with Gasteiger partial charge in [0, 0.05) is 5.56 Å². The standard InChI is InChI=1S/C21H16N4O3/c1-13-8-9-16(26-13)17-19(10-22,11-23)20(12-24)14(2)21(27-17,28-18(20)25)15-6-4-3-5-7-15/h3-9,14,17,25H,1-2H3. The van der Waals surface area contributed by atoms with Crippen molar-refractivity contribution in [1.29, 1.82) is 21.2 Å². The first kappa shape index (κ1) is 17.8. The average Bonchev–Trinajstić information content (AvgIpc) is 3.21. The Hall–Kier alpha value is -3.60. The number of nitrogens with one attached hydrogen (secondary N) is 1. The van der Waals surface area contributed by atoms with Gasteiger partial charge in [0.05, 0.1) is 24.1 Å². The van der Waals surface area contributed by atoms with Crippen molar-refractivity contribution < 1.29 is 13.9 Å². The first-order chi connectivity index (χ1) is 13.4. The lowest BCUT2D eigenvalue weighted by atomic mass is 9.54. The van der Waals surface area contributed by atoms with Gasteiger partial charge in [-0.3, -0.25) is 5.41 Å². The highest BCUT2D eigenvalue weighted by Gasteiger charge is 2.80. The van der Waals surface area contributed by atoms with Gasteiger partial charge in [-0.15, -0.1) is 0 Å². The van der Waals surface area contributed by atoms with Crippen LogP contribution in [-0.2, 0) is 15.3 Å². The van der Waals surface area contributed by atoms with Crippen LogP contribution in [0.25, 0.3) is 0 Å². The number of aryl methyl sites for hydroxylation is 1. The number of ether oxygens (including phenoxy) is 2.